The number of hydrogen-bond donors (Lipinski definition) is 2. The van der Waals surface area contributed by atoms with Gasteiger partial charge < -0.3 is 5.32 Å². The average molecular weight is 422 g/mol. The molecule has 2 aliphatic rings. The quantitative estimate of drug-likeness (QED) is 0.573. The third-order valence-electron chi connectivity index (χ3n) is 6.04. The minimum atomic E-state index is -0.327. The molecule has 5 rings (SSSR count). The van der Waals surface area contributed by atoms with Crippen LogP contribution in [0.15, 0.2) is 36.5 Å². The molecular weight excluding hydrogens is 398 g/mol. The first-order valence-electron chi connectivity index (χ1n) is 10.5. The Morgan fingerprint density at radius 3 is 2.47 bits per heavy atom. The van der Waals surface area contributed by atoms with E-state index < -0.39 is 0 Å². The molecule has 1 aromatic carbocycles. The molecule has 2 fully saturated rings. The van der Waals surface area contributed by atoms with Crippen LogP contribution in [0.1, 0.15) is 60.6 Å². The summed E-state index contributed by atoms with van der Waals surface area (Å²) in [7, 11) is 0. The first-order chi connectivity index (χ1) is 14.7. The van der Waals surface area contributed by atoms with Gasteiger partial charge in [0.15, 0.2) is 5.78 Å². The molecule has 2 N–H and O–H groups in total. The largest absolute Gasteiger partial charge is 0.300 e. The van der Waals surface area contributed by atoms with E-state index in [4.69, 9.17) is 0 Å². The number of Topliss-reactive ketones (excluding diaryl/α,β-unsaturated/α-hetero) is 1. The summed E-state index contributed by atoms with van der Waals surface area (Å²) >= 11 is 1.23. The van der Waals surface area contributed by atoms with Gasteiger partial charge in [0.1, 0.15) is 5.82 Å². The van der Waals surface area contributed by atoms with E-state index in [1.165, 1.54) is 11.5 Å². The van der Waals surface area contributed by atoms with Crippen molar-refractivity contribution in [2.45, 2.75) is 44.4 Å². The zero-order valence-corrected chi connectivity index (χ0v) is 17.3. The lowest BCUT2D eigenvalue weighted by Gasteiger charge is -2.29. The summed E-state index contributed by atoms with van der Waals surface area (Å²) in [5, 5.41) is 10.4. The second-order valence-electron chi connectivity index (χ2n) is 8.13. The number of H-pyrrole nitrogens is 1. The molecule has 0 spiro atoms. The number of nitrogens with one attached hydrogen (secondary N) is 2. The molecule has 0 unspecified atom stereocenters. The molecule has 0 saturated heterocycles. The van der Waals surface area contributed by atoms with Crippen LogP contribution in [0.25, 0.3) is 11.3 Å². The summed E-state index contributed by atoms with van der Waals surface area (Å²) < 4.78 is 4.35. The Morgan fingerprint density at radius 2 is 1.77 bits per heavy atom. The van der Waals surface area contributed by atoms with Crippen LogP contribution >= 0.6 is 11.5 Å². The predicted octanol–water partition coefficient (Wildman–Crippen LogP) is 4.43. The number of carbonyl (C=O) groups excluding carboxylic acids is 2. The Labute approximate surface area is 178 Å². The van der Waals surface area contributed by atoms with Gasteiger partial charge in [0, 0.05) is 41.0 Å². The first-order valence-corrected chi connectivity index (χ1v) is 11.2. The van der Waals surface area contributed by atoms with E-state index in [-0.39, 0.29) is 23.5 Å². The Kier molecular flexibility index (Phi) is 5.16. The average Bonchev–Trinajstić information content (AvgIpc) is 3.28. The number of rotatable bonds is 6. The van der Waals surface area contributed by atoms with Crippen LogP contribution in [0.5, 0.6) is 0 Å². The molecule has 7 nitrogen and oxygen atoms in total. The summed E-state index contributed by atoms with van der Waals surface area (Å²) in [6.07, 6.45) is 7.35. The molecule has 154 valence electrons. The van der Waals surface area contributed by atoms with Gasteiger partial charge in [0.25, 0.3) is 0 Å². The molecule has 3 aromatic rings. The molecule has 0 bridgehead atoms. The third-order valence-corrected chi connectivity index (χ3v) is 6.68. The fourth-order valence-electron chi connectivity index (χ4n) is 4.19. The van der Waals surface area contributed by atoms with Crippen LogP contribution in [-0.4, -0.2) is 31.2 Å². The lowest BCUT2D eigenvalue weighted by Crippen LogP contribution is -2.36. The number of ketones is 1. The highest BCUT2D eigenvalue weighted by Gasteiger charge is 2.36. The molecule has 1 amide bonds. The monoisotopic (exact) mass is 421 g/mol. The van der Waals surface area contributed by atoms with Crippen molar-refractivity contribution in [3.05, 3.63) is 47.9 Å². The Bertz CT molecular complexity index is 1040. The molecule has 0 aliphatic heterocycles. The van der Waals surface area contributed by atoms with Crippen molar-refractivity contribution in [2.75, 3.05) is 5.32 Å². The van der Waals surface area contributed by atoms with Gasteiger partial charge in [0.05, 0.1) is 5.69 Å². The zero-order valence-electron chi connectivity index (χ0n) is 16.5. The Morgan fingerprint density at radius 1 is 1.00 bits per heavy atom. The summed E-state index contributed by atoms with van der Waals surface area (Å²) in [6.45, 7) is 0. The van der Waals surface area contributed by atoms with Crippen LogP contribution in [0, 0.1) is 11.8 Å². The number of carbonyl (C=O) groups is 2. The summed E-state index contributed by atoms with van der Waals surface area (Å²) in [5.41, 5.74) is 2.53. The maximum Gasteiger partial charge on any atom is 0.230 e. The van der Waals surface area contributed by atoms with E-state index in [0.717, 1.165) is 55.6 Å². The summed E-state index contributed by atoms with van der Waals surface area (Å²) in [4.78, 5) is 30.7. The van der Waals surface area contributed by atoms with Crippen molar-refractivity contribution in [1.82, 2.24) is 19.6 Å². The lowest BCUT2D eigenvalue weighted by molar-refractivity contribution is -0.121. The normalized spacial score (nSPS) is 21.3. The fraction of sp³-hybridized carbons (Fsp3) is 0.409. The van der Waals surface area contributed by atoms with Gasteiger partial charge in [-0.15, -0.1) is 0 Å². The van der Waals surface area contributed by atoms with Crippen molar-refractivity contribution in [3.63, 3.8) is 0 Å². The van der Waals surface area contributed by atoms with Crippen molar-refractivity contribution in [2.24, 2.45) is 11.8 Å². The predicted molar refractivity (Wildman–Crippen MR) is 114 cm³/mol. The van der Waals surface area contributed by atoms with Gasteiger partial charge >= 0.3 is 0 Å². The van der Waals surface area contributed by atoms with E-state index in [1.54, 1.807) is 6.20 Å². The zero-order chi connectivity index (χ0) is 20.5. The standard InChI is InChI=1S/C22H23N5O2S/c28-19(14-7-5-13(6-8-14)18-11-12-23-26-18)16-3-1-2-4-17(16)21(29)25-22-24-20(27-30-22)15-9-10-15/h5-8,11-12,15-17H,1-4,9-10H2,(H,23,26)(H,24,25,27,29)/t16-,17-/m0/s1. The van der Waals surface area contributed by atoms with Gasteiger partial charge in [-0.3, -0.25) is 14.7 Å². The summed E-state index contributed by atoms with van der Waals surface area (Å²) in [6, 6.07) is 9.41. The molecular formula is C22H23N5O2S. The van der Waals surface area contributed by atoms with E-state index >= 15 is 0 Å². The molecule has 2 saturated carbocycles. The minimum Gasteiger partial charge on any atom is -0.300 e. The fourth-order valence-corrected chi connectivity index (χ4v) is 4.84. The van der Waals surface area contributed by atoms with Gasteiger partial charge in [-0.1, -0.05) is 37.1 Å². The van der Waals surface area contributed by atoms with Crippen LogP contribution < -0.4 is 5.32 Å². The maximum atomic E-state index is 13.2. The number of anilines is 1. The number of hydrogen-bond acceptors (Lipinski definition) is 6. The lowest BCUT2D eigenvalue weighted by atomic mass is 9.75. The van der Waals surface area contributed by atoms with Crippen LogP contribution in [-0.2, 0) is 4.79 Å². The molecule has 2 atom stereocenters. The molecule has 30 heavy (non-hydrogen) atoms. The Balaban J connectivity index is 1.29. The third kappa shape index (κ3) is 3.92. The summed E-state index contributed by atoms with van der Waals surface area (Å²) in [5.74, 6) is 0.603. The molecule has 8 heteroatoms. The topological polar surface area (TPSA) is 101 Å². The van der Waals surface area contributed by atoms with Gasteiger partial charge in [-0.05, 0) is 37.3 Å². The number of aromatic nitrogens is 4. The number of nitrogens with zero attached hydrogens (tertiary/aromatic N) is 3. The van der Waals surface area contributed by atoms with Crippen LogP contribution in [0.4, 0.5) is 5.13 Å². The van der Waals surface area contributed by atoms with E-state index in [9.17, 15) is 9.59 Å². The molecule has 2 heterocycles. The van der Waals surface area contributed by atoms with Gasteiger partial charge in [-0.2, -0.15) is 9.47 Å². The maximum absolute atomic E-state index is 13.2. The highest BCUT2D eigenvalue weighted by Crippen LogP contribution is 2.39. The highest BCUT2D eigenvalue weighted by molar-refractivity contribution is 7.09. The SMILES string of the molecule is O=C(Nc1nc(C2CC2)ns1)[C@H]1CCCC[C@@H]1C(=O)c1ccc(-c2ccn[nH]2)cc1. The smallest absolute Gasteiger partial charge is 0.230 e. The van der Waals surface area contributed by atoms with E-state index in [1.807, 2.05) is 30.3 Å². The van der Waals surface area contributed by atoms with Crippen molar-refractivity contribution >= 4 is 28.4 Å². The van der Waals surface area contributed by atoms with Crippen LogP contribution in [0.2, 0.25) is 0 Å². The van der Waals surface area contributed by atoms with Gasteiger partial charge in [-0.25, -0.2) is 4.98 Å². The molecule has 0 radical (unpaired) electrons. The van der Waals surface area contributed by atoms with Gasteiger partial charge in [0.2, 0.25) is 11.0 Å². The molecule has 2 aliphatic carbocycles. The number of benzene rings is 1. The first kappa shape index (κ1) is 19.1. The van der Waals surface area contributed by atoms with Crippen molar-refractivity contribution in [1.29, 1.82) is 0 Å². The Hall–Kier alpha value is -2.87. The van der Waals surface area contributed by atoms with E-state index in [0.29, 0.717) is 16.6 Å². The molecule has 2 aromatic heterocycles. The highest BCUT2D eigenvalue weighted by atomic mass is 32.1. The number of aromatic amines is 1. The van der Waals surface area contributed by atoms with Crippen molar-refractivity contribution in [3.8, 4) is 11.3 Å². The van der Waals surface area contributed by atoms with Crippen molar-refractivity contribution < 1.29 is 9.59 Å². The minimum absolute atomic E-state index is 0.0435. The van der Waals surface area contributed by atoms with E-state index in [2.05, 4.69) is 24.9 Å². The number of amides is 1. The second kappa shape index (κ2) is 8.10. The van der Waals surface area contributed by atoms with Crippen LogP contribution in [0.3, 0.4) is 0 Å². The second-order valence-corrected chi connectivity index (χ2v) is 8.88.